The summed E-state index contributed by atoms with van der Waals surface area (Å²) in [5.74, 6) is 0. The van der Waals surface area contributed by atoms with Gasteiger partial charge in [0.2, 0.25) is 0 Å². The van der Waals surface area contributed by atoms with Crippen LogP contribution in [0.5, 0.6) is 0 Å². The lowest BCUT2D eigenvalue weighted by atomic mass is 9.89. The van der Waals surface area contributed by atoms with Crippen LogP contribution in [-0.4, -0.2) is 16.5 Å². The van der Waals surface area contributed by atoms with Crippen LogP contribution in [0, 0.1) is 10.1 Å². The van der Waals surface area contributed by atoms with Crippen molar-refractivity contribution in [1.29, 1.82) is 0 Å². The Morgan fingerprint density at radius 2 is 2.33 bits per heavy atom. The number of hydrogen-bond donors (Lipinski definition) is 2. The summed E-state index contributed by atoms with van der Waals surface area (Å²) in [7, 11) is 0. The Bertz CT molecular complexity index is 268. The number of nitro groups is 1. The summed E-state index contributed by atoms with van der Waals surface area (Å²) >= 11 is 0. The van der Waals surface area contributed by atoms with Gasteiger partial charge in [0, 0.05) is 16.7 Å². The normalized spacial score (nSPS) is 34.5. The van der Waals surface area contributed by atoms with Crippen molar-refractivity contribution < 1.29 is 4.92 Å². The topological polar surface area (TPSA) is 95.2 Å². The zero-order chi connectivity index (χ0) is 9.35. The first kappa shape index (κ1) is 8.73. The number of nitrogens with zero attached hydrogens (tertiary/aromatic N) is 1. The van der Waals surface area contributed by atoms with Crippen molar-refractivity contribution in [2.45, 2.75) is 18.5 Å². The molecule has 0 aromatic carbocycles. The summed E-state index contributed by atoms with van der Waals surface area (Å²) in [6, 6.07) is -0.928. The molecular formula is C7H11N3O2. The van der Waals surface area contributed by atoms with Gasteiger partial charge in [-0.2, -0.15) is 0 Å². The molecule has 0 saturated carbocycles. The highest BCUT2D eigenvalue weighted by Gasteiger charge is 2.37. The summed E-state index contributed by atoms with van der Waals surface area (Å²) < 4.78 is 0. The van der Waals surface area contributed by atoms with Crippen molar-refractivity contribution >= 4 is 0 Å². The van der Waals surface area contributed by atoms with Crippen LogP contribution >= 0.6 is 0 Å². The van der Waals surface area contributed by atoms with E-state index in [4.69, 9.17) is 11.5 Å². The highest BCUT2D eigenvalue weighted by Crippen LogP contribution is 2.18. The molecule has 5 heteroatoms. The molecule has 0 saturated heterocycles. The maximum absolute atomic E-state index is 10.5. The molecular weight excluding hydrogens is 158 g/mol. The summed E-state index contributed by atoms with van der Waals surface area (Å²) in [6.45, 7) is 1.60. The van der Waals surface area contributed by atoms with Crippen molar-refractivity contribution in [3.8, 4) is 0 Å². The van der Waals surface area contributed by atoms with Gasteiger partial charge >= 0.3 is 0 Å². The van der Waals surface area contributed by atoms with Gasteiger partial charge in [-0.3, -0.25) is 10.1 Å². The molecule has 0 bridgehead atoms. The molecule has 0 amide bonds. The summed E-state index contributed by atoms with van der Waals surface area (Å²) in [5.41, 5.74) is 10.5. The van der Waals surface area contributed by atoms with Gasteiger partial charge in [0.15, 0.2) is 0 Å². The second-order valence-corrected chi connectivity index (χ2v) is 3.10. The van der Waals surface area contributed by atoms with Crippen LogP contribution in [0.15, 0.2) is 23.9 Å². The van der Waals surface area contributed by atoms with E-state index in [2.05, 4.69) is 0 Å². The molecule has 5 nitrogen and oxygen atoms in total. The highest BCUT2D eigenvalue weighted by atomic mass is 16.6. The third-order valence-electron chi connectivity index (χ3n) is 1.85. The van der Waals surface area contributed by atoms with Crippen LogP contribution < -0.4 is 11.5 Å². The lowest BCUT2D eigenvalue weighted by Gasteiger charge is -2.25. The SMILES string of the molecule is CC1(N)C=CC(N)=CC1[N+](=O)[O-]. The maximum Gasteiger partial charge on any atom is 0.254 e. The smallest absolute Gasteiger partial charge is 0.254 e. The molecule has 2 atom stereocenters. The Morgan fingerprint density at radius 1 is 1.75 bits per heavy atom. The lowest BCUT2D eigenvalue weighted by Crippen LogP contribution is -2.51. The molecule has 0 aliphatic heterocycles. The van der Waals surface area contributed by atoms with E-state index < -0.39 is 16.5 Å². The third-order valence-corrected chi connectivity index (χ3v) is 1.85. The number of rotatable bonds is 1. The van der Waals surface area contributed by atoms with Crippen molar-refractivity contribution in [2.75, 3.05) is 0 Å². The van der Waals surface area contributed by atoms with E-state index in [0.29, 0.717) is 5.70 Å². The highest BCUT2D eigenvalue weighted by molar-refractivity contribution is 5.29. The van der Waals surface area contributed by atoms with Crippen LogP contribution in [0.25, 0.3) is 0 Å². The molecule has 4 N–H and O–H groups in total. The molecule has 0 aromatic heterocycles. The summed E-state index contributed by atoms with van der Waals surface area (Å²) in [5, 5.41) is 10.5. The number of allylic oxidation sites excluding steroid dienone is 1. The van der Waals surface area contributed by atoms with E-state index >= 15 is 0 Å². The largest absolute Gasteiger partial charge is 0.399 e. The first-order valence-corrected chi connectivity index (χ1v) is 3.52. The molecule has 1 aliphatic rings. The third kappa shape index (κ3) is 1.45. The van der Waals surface area contributed by atoms with Gasteiger partial charge in [0.1, 0.15) is 5.54 Å². The predicted molar refractivity (Wildman–Crippen MR) is 44.8 cm³/mol. The molecule has 0 spiro atoms. The molecule has 2 unspecified atom stereocenters. The minimum atomic E-state index is -0.938. The van der Waals surface area contributed by atoms with Gasteiger partial charge in [-0.05, 0) is 13.0 Å². The lowest BCUT2D eigenvalue weighted by molar-refractivity contribution is -0.517. The van der Waals surface area contributed by atoms with Crippen molar-refractivity contribution in [3.05, 3.63) is 34.0 Å². The fourth-order valence-corrected chi connectivity index (χ4v) is 1.08. The van der Waals surface area contributed by atoms with Gasteiger partial charge in [-0.1, -0.05) is 6.08 Å². The fraction of sp³-hybridized carbons (Fsp3) is 0.429. The first-order valence-electron chi connectivity index (χ1n) is 3.52. The zero-order valence-electron chi connectivity index (χ0n) is 6.73. The quantitative estimate of drug-likeness (QED) is 0.418. The molecule has 0 heterocycles. The van der Waals surface area contributed by atoms with Gasteiger partial charge < -0.3 is 11.5 Å². The molecule has 0 fully saturated rings. The molecule has 66 valence electrons. The monoisotopic (exact) mass is 169 g/mol. The van der Waals surface area contributed by atoms with Crippen molar-refractivity contribution in [1.82, 2.24) is 0 Å². The van der Waals surface area contributed by atoms with Gasteiger partial charge in [0.25, 0.3) is 6.04 Å². The van der Waals surface area contributed by atoms with E-state index in [1.54, 1.807) is 19.1 Å². The second-order valence-electron chi connectivity index (χ2n) is 3.10. The van der Waals surface area contributed by atoms with Crippen LogP contribution in [0.1, 0.15) is 6.92 Å². The number of nitrogens with two attached hydrogens (primary N) is 2. The van der Waals surface area contributed by atoms with E-state index in [1.165, 1.54) is 6.08 Å². The Kier molecular flexibility index (Phi) is 1.89. The van der Waals surface area contributed by atoms with Gasteiger partial charge in [-0.25, -0.2) is 0 Å². The molecule has 0 radical (unpaired) electrons. The molecule has 1 rings (SSSR count). The van der Waals surface area contributed by atoms with Crippen molar-refractivity contribution in [2.24, 2.45) is 11.5 Å². The second kappa shape index (κ2) is 2.60. The minimum absolute atomic E-state index is 0.389. The standard InChI is InChI=1S/C7H11N3O2/c1-7(9)3-2-5(8)4-6(7)10(11)12/h2-4,6H,8-9H2,1H3. The van der Waals surface area contributed by atoms with Crippen molar-refractivity contribution in [3.63, 3.8) is 0 Å². The van der Waals surface area contributed by atoms with Gasteiger partial charge in [0.05, 0.1) is 0 Å². The van der Waals surface area contributed by atoms with E-state index in [1.807, 2.05) is 0 Å². The fourth-order valence-electron chi connectivity index (χ4n) is 1.08. The summed E-state index contributed by atoms with van der Waals surface area (Å²) in [4.78, 5) is 10.1. The Morgan fingerprint density at radius 3 is 2.75 bits per heavy atom. The van der Waals surface area contributed by atoms with Crippen LogP contribution in [0.3, 0.4) is 0 Å². The molecule has 1 aliphatic carbocycles. The maximum atomic E-state index is 10.5. The minimum Gasteiger partial charge on any atom is -0.399 e. The van der Waals surface area contributed by atoms with E-state index in [0.717, 1.165) is 0 Å². The van der Waals surface area contributed by atoms with Crippen LogP contribution in [-0.2, 0) is 0 Å². The average molecular weight is 169 g/mol. The predicted octanol–water partition coefficient (Wildman–Crippen LogP) is -0.238. The average Bonchev–Trinajstić information content (AvgIpc) is 1.94. The molecule has 0 aromatic rings. The Hall–Kier alpha value is -1.36. The number of hydrogen-bond acceptors (Lipinski definition) is 4. The Labute approximate surface area is 69.9 Å². The molecule has 12 heavy (non-hydrogen) atoms. The van der Waals surface area contributed by atoms with Crippen LogP contribution in [0.2, 0.25) is 0 Å². The zero-order valence-corrected chi connectivity index (χ0v) is 6.73. The van der Waals surface area contributed by atoms with E-state index in [-0.39, 0.29) is 0 Å². The first-order chi connectivity index (χ1) is 5.43. The van der Waals surface area contributed by atoms with E-state index in [9.17, 15) is 10.1 Å². The Balaban J connectivity index is 2.98. The summed E-state index contributed by atoms with van der Waals surface area (Å²) in [6.07, 6.45) is 4.50. The van der Waals surface area contributed by atoms with Crippen LogP contribution in [0.4, 0.5) is 0 Å². The van der Waals surface area contributed by atoms with Gasteiger partial charge in [-0.15, -0.1) is 0 Å².